The molecule has 0 aromatic heterocycles. The van der Waals surface area contributed by atoms with Crippen LogP contribution in [0.3, 0.4) is 0 Å². The quantitative estimate of drug-likeness (QED) is 0.813. The van der Waals surface area contributed by atoms with Crippen molar-refractivity contribution in [1.29, 1.82) is 0 Å². The zero-order valence-corrected chi connectivity index (χ0v) is 13.6. The number of hydrogen-bond acceptors (Lipinski definition) is 3. The molecule has 0 spiro atoms. The number of nitrogens with one attached hydrogen (secondary N) is 1. The average molecular weight is 327 g/mol. The number of rotatable bonds is 7. The van der Waals surface area contributed by atoms with Gasteiger partial charge in [-0.2, -0.15) is 0 Å². The molecule has 0 heterocycles. The zero-order valence-electron chi connectivity index (χ0n) is 13.6. The van der Waals surface area contributed by atoms with Gasteiger partial charge in [-0.25, -0.2) is 4.79 Å². The second-order valence-electron chi connectivity index (χ2n) is 5.56. The maximum absolute atomic E-state index is 12.2. The molecule has 24 heavy (non-hydrogen) atoms. The predicted molar refractivity (Wildman–Crippen MR) is 90.4 cm³/mol. The van der Waals surface area contributed by atoms with Gasteiger partial charge in [0.2, 0.25) is 0 Å². The number of carbonyl (C=O) groups excluding carboxylic acids is 1. The van der Waals surface area contributed by atoms with Gasteiger partial charge >= 0.3 is 12.1 Å². The number of benzene rings is 2. The van der Waals surface area contributed by atoms with Crippen molar-refractivity contribution in [3.63, 3.8) is 0 Å². The van der Waals surface area contributed by atoms with Crippen molar-refractivity contribution >= 4 is 12.1 Å². The summed E-state index contributed by atoms with van der Waals surface area (Å²) in [6, 6.07) is 18.4. The molecule has 0 aliphatic carbocycles. The second kappa shape index (κ2) is 8.15. The first-order chi connectivity index (χ1) is 11.6. The lowest BCUT2D eigenvalue weighted by Crippen LogP contribution is -2.47. The second-order valence-corrected chi connectivity index (χ2v) is 5.56. The molecular formula is C19H21NO4. The Kier molecular flexibility index (Phi) is 5.95. The lowest BCUT2D eigenvalue weighted by Gasteiger charge is -2.32. The molecule has 1 amide bonds. The van der Waals surface area contributed by atoms with Crippen LogP contribution in [0.4, 0.5) is 4.79 Å². The van der Waals surface area contributed by atoms with E-state index in [0.717, 1.165) is 11.1 Å². The zero-order chi connectivity index (χ0) is 17.4. The molecule has 5 nitrogen and oxygen atoms in total. The van der Waals surface area contributed by atoms with E-state index >= 15 is 0 Å². The van der Waals surface area contributed by atoms with Gasteiger partial charge in [-0.1, -0.05) is 67.6 Å². The van der Waals surface area contributed by atoms with Crippen molar-refractivity contribution in [1.82, 2.24) is 5.32 Å². The lowest BCUT2D eigenvalue weighted by molar-refractivity contribution is -0.138. The van der Waals surface area contributed by atoms with E-state index in [-0.39, 0.29) is 13.0 Å². The van der Waals surface area contributed by atoms with Gasteiger partial charge in [-0.15, -0.1) is 0 Å². The summed E-state index contributed by atoms with van der Waals surface area (Å²) < 4.78 is 5.25. The first kappa shape index (κ1) is 17.5. The molecule has 0 fully saturated rings. The van der Waals surface area contributed by atoms with Crippen molar-refractivity contribution < 1.29 is 19.4 Å². The van der Waals surface area contributed by atoms with Crippen LogP contribution in [0.5, 0.6) is 0 Å². The molecule has 0 aliphatic rings. The summed E-state index contributed by atoms with van der Waals surface area (Å²) in [7, 11) is 0. The summed E-state index contributed by atoms with van der Waals surface area (Å²) in [4.78, 5) is 23.5. The standard InChI is InChI=1S/C19H21NO4/c1-2-19(13-17(21)22,16-11-7-4-8-12-16)20-18(23)24-14-15-9-5-3-6-10-15/h3-12H,2,13-14H2,1H3,(H,20,23)(H,21,22). The van der Waals surface area contributed by atoms with E-state index in [1.165, 1.54) is 0 Å². The van der Waals surface area contributed by atoms with E-state index in [9.17, 15) is 14.7 Å². The molecule has 0 saturated carbocycles. The summed E-state index contributed by atoms with van der Waals surface area (Å²) >= 11 is 0. The maximum Gasteiger partial charge on any atom is 0.408 e. The molecule has 0 radical (unpaired) electrons. The van der Waals surface area contributed by atoms with Crippen LogP contribution < -0.4 is 5.32 Å². The van der Waals surface area contributed by atoms with Gasteiger partial charge in [0.25, 0.3) is 0 Å². The first-order valence-corrected chi connectivity index (χ1v) is 7.82. The Hall–Kier alpha value is -2.82. The normalized spacial score (nSPS) is 12.9. The SMILES string of the molecule is CCC(CC(=O)O)(NC(=O)OCc1ccccc1)c1ccccc1. The molecule has 0 bridgehead atoms. The monoisotopic (exact) mass is 327 g/mol. The number of carboxylic acids is 1. The number of aliphatic carboxylic acids is 1. The van der Waals surface area contributed by atoms with Crippen molar-refractivity contribution in [3.05, 3.63) is 71.8 Å². The van der Waals surface area contributed by atoms with Gasteiger partial charge in [-0.05, 0) is 17.5 Å². The van der Waals surface area contributed by atoms with Gasteiger partial charge in [0.05, 0.1) is 12.0 Å². The third-order valence-corrected chi connectivity index (χ3v) is 3.94. The molecule has 0 saturated heterocycles. The highest BCUT2D eigenvalue weighted by molar-refractivity contribution is 5.73. The fourth-order valence-electron chi connectivity index (χ4n) is 2.61. The van der Waals surface area contributed by atoms with Crippen LogP contribution in [0, 0.1) is 0 Å². The minimum Gasteiger partial charge on any atom is -0.481 e. The lowest BCUT2D eigenvalue weighted by atomic mass is 9.84. The molecule has 126 valence electrons. The van der Waals surface area contributed by atoms with Gasteiger partial charge in [0.15, 0.2) is 0 Å². The van der Waals surface area contributed by atoms with Crippen molar-refractivity contribution in [2.75, 3.05) is 0 Å². The van der Waals surface area contributed by atoms with E-state index in [0.29, 0.717) is 6.42 Å². The van der Waals surface area contributed by atoms with Crippen LogP contribution in [-0.2, 0) is 21.7 Å². The highest BCUT2D eigenvalue weighted by Gasteiger charge is 2.35. The van der Waals surface area contributed by atoms with Crippen LogP contribution in [0.1, 0.15) is 30.9 Å². The molecule has 2 rings (SSSR count). The minimum atomic E-state index is -0.999. The number of hydrogen-bond donors (Lipinski definition) is 2. The molecule has 2 aromatic rings. The Labute approximate surface area is 141 Å². The summed E-state index contributed by atoms with van der Waals surface area (Å²) in [5, 5.41) is 12.0. The van der Waals surface area contributed by atoms with E-state index in [4.69, 9.17) is 4.74 Å². The molecule has 0 aliphatic heterocycles. The van der Waals surface area contributed by atoms with Crippen LogP contribution in [-0.4, -0.2) is 17.2 Å². The Bertz CT molecular complexity index is 672. The van der Waals surface area contributed by atoms with Crippen LogP contribution in [0.25, 0.3) is 0 Å². The van der Waals surface area contributed by atoms with E-state index in [1.54, 1.807) is 0 Å². The summed E-state index contributed by atoms with van der Waals surface area (Å²) in [6.45, 7) is 1.97. The topological polar surface area (TPSA) is 75.6 Å². The van der Waals surface area contributed by atoms with E-state index < -0.39 is 17.6 Å². The Morgan fingerprint density at radius 3 is 2.17 bits per heavy atom. The van der Waals surface area contributed by atoms with E-state index in [1.807, 2.05) is 67.6 Å². The molecule has 5 heteroatoms. The highest BCUT2D eigenvalue weighted by atomic mass is 16.5. The minimum absolute atomic E-state index is 0.133. The first-order valence-electron chi connectivity index (χ1n) is 7.82. The third-order valence-electron chi connectivity index (χ3n) is 3.94. The number of carbonyl (C=O) groups is 2. The van der Waals surface area contributed by atoms with Gasteiger partial charge in [0.1, 0.15) is 6.61 Å². The van der Waals surface area contributed by atoms with Crippen LogP contribution in [0.2, 0.25) is 0 Å². The Balaban J connectivity index is 2.12. The summed E-state index contributed by atoms with van der Waals surface area (Å²) in [5.41, 5.74) is 0.611. The average Bonchev–Trinajstić information content (AvgIpc) is 2.60. The number of carboxylic acid groups (broad SMARTS) is 1. The van der Waals surface area contributed by atoms with Gasteiger partial charge < -0.3 is 15.2 Å². The predicted octanol–water partition coefficient (Wildman–Crippen LogP) is 3.69. The van der Waals surface area contributed by atoms with Crippen molar-refractivity contribution in [3.8, 4) is 0 Å². The number of ether oxygens (including phenoxy) is 1. The highest BCUT2D eigenvalue weighted by Crippen LogP contribution is 2.29. The number of alkyl carbamates (subject to hydrolysis) is 1. The fraction of sp³-hybridized carbons (Fsp3) is 0.263. The molecule has 1 unspecified atom stereocenters. The molecular weight excluding hydrogens is 306 g/mol. The largest absolute Gasteiger partial charge is 0.481 e. The fourth-order valence-corrected chi connectivity index (χ4v) is 2.61. The van der Waals surface area contributed by atoms with Crippen molar-refractivity contribution in [2.24, 2.45) is 0 Å². The van der Waals surface area contributed by atoms with Gasteiger partial charge in [0, 0.05) is 0 Å². The molecule has 2 N–H and O–H groups in total. The third kappa shape index (κ3) is 4.59. The Morgan fingerprint density at radius 1 is 1.04 bits per heavy atom. The number of amides is 1. The van der Waals surface area contributed by atoms with Gasteiger partial charge in [-0.3, -0.25) is 4.79 Å². The van der Waals surface area contributed by atoms with Crippen LogP contribution in [0.15, 0.2) is 60.7 Å². The maximum atomic E-state index is 12.2. The van der Waals surface area contributed by atoms with Crippen molar-refractivity contribution in [2.45, 2.75) is 31.9 Å². The molecule has 1 atom stereocenters. The van der Waals surface area contributed by atoms with E-state index in [2.05, 4.69) is 5.32 Å². The smallest absolute Gasteiger partial charge is 0.408 e. The summed E-state index contributed by atoms with van der Waals surface area (Å²) in [6.07, 6.45) is -0.414. The molecule has 2 aromatic carbocycles. The Morgan fingerprint density at radius 2 is 1.62 bits per heavy atom. The van der Waals surface area contributed by atoms with Crippen LogP contribution >= 0.6 is 0 Å². The summed E-state index contributed by atoms with van der Waals surface area (Å²) in [5.74, 6) is -0.982.